The van der Waals surface area contributed by atoms with Crippen molar-refractivity contribution in [3.8, 4) is 0 Å². The maximum Gasteiger partial charge on any atom is 0.326 e. The summed E-state index contributed by atoms with van der Waals surface area (Å²) in [7, 11) is 1.50. The van der Waals surface area contributed by atoms with Crippen LogP contribution in [0.15, 0.2) is 0 Å². The minimum Gasteiger partial charge on any atom is -0.468 e. The fourth-order valence-corrected chi connectivity index (χ4v) is 2.81. The van der Waals surface area contributed by atoms with Gasteiger partial charge in [-0.1, -0.05) is 20.3 Å². The van der Waals surface area contributed by atoms with Crippen molar-refractivity contribution in [1.82, 2.24) is 10.2 Å². The van der Waals surface area contributed by atoms with Gasteiger partial charge in [-0.25, -0.2) is 0 Å². The third-order valence-electron chi connectivity index (χ3n) is 3.76. The maximum absolute atomic E-state index is 12.2. The smallest absolute Gasteiger partial charge is 0.326 e. The highest BCUT2D eigenvalue weighted by molar-refractivity contribution is 5.80. The molecular formula is C13H26N2O2. The summed E-state index contributed by atoms with van der Waals surface area (Å²) in [5.74, 6) is -0.0660. The van der Waals surface area contributed by atoms with E-state index in [-0.39, 0.29) is 5.97 Å². The number of ether oxygens (including phenoxy) is 1. The van der Waals surface area contributed by atoms with Crippen molar-refractivity contribution in [2.24, 2.45) is 0 Å². The first-order valence-electron chi connectivity index (χ1n) is 6.75. The van der Waals surface area contributed by atoms with E-state index < -0.39 is 5.54 Å². The lowest BCUT2D eigenvalue weighted by atomic mass is 9.88. The molecule has 0 aromatic carbocycles. The van der Waals surface area contributed by atoms with Gasteiger partial charge in [-0.3, -0.25) is 9.69 Å². The van der Waals surface area contributed by atoms with Crippen molar-refractivity contribution in [2.75, 3.05) is 33.3 Å². The molecule has 1 atom stereocenters. The zero-order valence-corrected chi connectivity index (χ0v) is 11.4. The third-order valence-corrected chi connectivity index (χ3v) is 3.76. The van der Waals surface area contributed by atoms with Crippen molar-refractivity contribution in [1.29, 1.82) is 0 Å². The molecular weight excluding hydrogens is 216 g/mol. The Hall–Kier alpha value is -0.610. The summed E-state index contributed by atoms with van der Waals surface area (Å²) in [4.78, 5) is 14.5. The maximum atomic E-state index is 12.2. The highest BCUT2D eigenvalue weighted by Gasteiger charge is 2.42. The first-order valence-corrected chi connectivity index (χ1v) is 6.75. The summed E-state index contributed by atoms with van der Waals surface area (Å²) < 4.78 is 5.05. The highest BCUT2D eigenvalue weighted by Crippen LogP contribution is 2.28. The van der Waals surface area contributed by atoms with Gasteiger partial charge in [0.05, 0.1) is 7.11 Å². The number of carbonyl (C=O) groups is 1. The van der Waals surface area contributed by atoms with Gasteiger partial charge in [-0.15, -0.1) is 0 Å². The van der Waals surface area contributed by atoms with Crippen LogP contribution in [0.1, 0.15) is 39.5 Å². The highest BCUT2D eigenvalue weighted by atomic mass is 16.5. The minimum absolute atomic E-state index is 0.0660. The topological polar surface area (TPSA) is 41.6 Å². The Kier molecular flexibility index (Phi) is 5.92. The van der Waals surface area contributed by atoms with E-state index in [1.165, 1.54) is 7.11 Å². The molecule has 1 heterocycles. The van der Waals surface area contributed by atoms with Gasteiger partial charge in [-0.2, -0.15) is 0 Å². The predicted molar refractivity (Wildman–Crippen MR) is 69.0 cm³/mol. The lowest BCUT2D eigenvalue weighted by molar-refractivity contribution is -0.156. The molecule has 1 aliphatic heterocycles. The van der Waals surface area contributed by atoms with E-state index in [1.807, 2.05) is 0 Å². The van der Waals surface area contributed by atoms with Gasteiger partial charge in [0.2, 0.25) is 0 Å². The fourth-order valence-electron chi connectivity index (χ4n) is 2.81. The van der Waals surface area contributed by atoms with Crippen molar-refractivity contribution < 1.29 is 9.53 Å². The van der Waals surface area contributed by atoms with Crippen LogP contribution in [0.3, 0.4) is 0 Å². The van der Waals surface area contributed by atoms with Crippen molar-refractivity contribution in [3.63, 3.8) is 0 Å². The number of esters is 1. The molecule has 4 heteroatoms. The van der Waals surface area contributed by atoms with Crippen molar-refractivity contribution >= 4 is 5.97 Å². The molecule has 1 saturated heterocycles. The third kappa shape index (κ3) is 3.19. The Morgan fingerprint density at radius 1 is 1.35 bits per heavy atom. The second kappa shape index (κ2) is 6.97. The summed E-state index contributed by atoms with van der Waals surface area (Å²) >= 11 is 0. The van der Waals surface area contributed by atoms with Crippen LogP contribution in [0.4, 0.5) is 0 Å². The molecule has 1 unspecified atom stereocenters. The van der Waals surface area contributed by atoms with Gasteiger partial charge in [0.1, 0.15) is 5.54 Å². The number of rotatable bonds is 5. The Labute approximate surface area is 105 Å². The van der Waals surface area contributed by atoms with E-state index >= 15 is 0 Å². The normalized spacial score (nSPS) is 21.6. The second-order valence-electron chi connectivity index (χ2n) is 4.72. The van der Waals surface area contributed by atoms with E-state index in [4.69, 9.17) is 4.74 Å². The Morgan fingerprint density at radius 2 is 2.12 bits per heavy atom. The average Bonchev–Trinajstić information content (AvgIpc) is 2.64. The summed E-state index contributed by atoms with van der Waals surface area (Å²) in [5.41, 5.74) is -0.407. The van der Waals surface area contributed by atoms with Gasteiger partial charge in [-0.05, 0) is 25.8 Å². The number of hydrogen-bond donors (Lipinski definition) is 1. The molecule has 0 saturated carbocycles. The van der Waals surface area contributed by atoms with Crippen LogP contribution in [-0.4, -0.2) is 49.7 Å². The molecule has 1 fully saturated rings. The summed E-state index contributed by atoms with van der Waals surface area (Å²) in [5, 5.41) is 3.38. The zero-order valence-electron chi connectivity index (χ0n) is 11.4. The number of methoxy groups -OCH3 is 1. The lowest BCUT2D eigenvalue weighted by Crippen LogP contribution is -2.55. The van der Waals surface area contributed by atoms with Gasteiger partial charge < -0.3 is 10.1 Å². The molecule has 0 aromatic heterocycles. The van der Waals surface area contributed by atoms with Crippen LogP contribution in [0, 0.1) is 0 Å². The van der Waals surface area contributed by atoms with Gasteiger partial charge >= 0.3 is 5.97 Å². The average molecular weight is 242 g/mol. The van der Waals surface area contributed by atoms with Gasteiger partial charge in [0, 0.05) is 19.6 Å². The zero-order chi connectivity index (χ0) is 12.7. The standard InChI is InChI=1S/C13H26N2O2/c1-4-7-13(5-2,12(16)17-3)15-10-6-8-14-9-11-15/h14H,4-11H2,1-3H3. The minimum atomic E-state index is -0.407. The van der Waals surface area contributed by atoms with Crippen LogP contribution >= 0.6 is 0 Å². The number of hydrogen-bond acceptors (Lipinski definition) is 4. The van der Waals surface area contributed by atoms with Crippen LogP contribution < -0.4 is 5.32 Å². The van der Waals surface area contributed by atoms with Crippen LogP contribution in [0.2, 0.25) is 0 Å². The molecule has 100 valence electrons. The molecule has 0 radical (unpaired) electrons. The molecule has 0 spiro atoms. The Morgan fingerprint density at radius 3 is 2.71 bits per heavy atom. The molecule has 0 amide bonds. The first kappa shape index (κ1) is 14.5. The fraction of sp³-hybridized carbons (Fsp3) is 0.923. The van der Waals surface area contributed by atoms with Crippen LogP contribution in [-0.2, 0) is 9.53 Å². The molecule has 4 nitrogen and oxygen atoms in total. The molecule has 0 aliphatic carbocycles. The first-order chi connectivity index (χ1) is 8.21. The van der Waals surface area contributed by atoms with Crippen LogP contribution in [0.5, 0.6) is 0 Å². The second-order valence-corrected chi connectivity index (χ2v) is 4.72. The molecule has 1 aliphatic rings. The van der Waals surface area contributed by atoms with Crippen LogP contribution in [0.25, 0.3) is 0 Å². The Bertz CT molecular complexity index is 238. The quantitative estimate of drug-likeness (QED) is 0.740. The van der Waals surface area contributed by atoms with Gasteiger partial charge in [0.15, 0.2) is 0 Å². The monoisotopic (exact) mass is 242 g/mol. The number of nitrogens with one attached hydrogen (secondary N) is 1. The number of nitrogens with zero attached hydrogens (tertiary/aromatic N) is 1. The SMILES string of the molecule is CCCC(CC)(C(=O)OC)N1CCCNCC1. The molecule has 0 bridgehead atoms. The summed E-state index contributed by atoms with van der Waals surface area (Å²) in [6, 6.07) is 0. The molecule has 17 heavy (non-hydrogen) atoms. The summed E-state index contributed by atoms with van der Waals surface area (Å²) in [6.45, 7) is 8.14. The van der Waals surface area contributed by atoms with Gasteiger partial charge in [0.25, 0.3) is 0 Å². The van der Waals surface area contributed by atoms with E-state index in [0.717, 1.165) is 51.9 Å². The van der Waals surface area contributed by atoms with E-state index in [1.54, 1.807) is 0 Å². The van der Waals surface area contributed by atoms with E-state index in [9.17, 15) is 4.79 Å². The van der Waals surface area contributed by atoms with E-state index in [0.29, 0.717) is 0 Å². The van der Waals surface area contributed by atoms with Crippen molar-refractivity contribution in [2.45, 2.75) is 45.1 Å². The predicted octanol–water partition coefficient (Wildman–Crippen LogP) is 1.40. The largest absolute Gasteiger partial charge is 0.468 e. The summed E-state index contributed by atoms with van der Waals surface area (Å²) in [6.07, 6.45) is 3.82. The molecule has 1 N–H and O–H groups in total. The lowest BCUT2D eigenvalue weighted by Gasteiger charge is -2.40. The Balaban J connectivity index is 2.88. The van der Waals surface area contributed by atoms with Crippen molar-refractivity contribution in [3.05, 3.63) is 0 Å². The number of carbonyl (C=O) groups excluding carboxylic acids is 1. The van der Waals surface area contributed by atoms with E-state index in [2.05, 4.69) is 24.1 Å². The molecule has 1 rings (SSSR count). The molecule has 0 aromatic rings.